The third kappa shape index (κ3) is 5.91. The van der Waals surface area contributed by atoms with Crippen molar-refractivity contribution < 1.29 is 9.59 Å². The van der Waals surface area contributed by atoms with Crippen molar-refractivity contribution in [2.75, 3.05) is 6.54 Å². The Kier molecular flexibility index (Phi) is 8.19. The molecule has 1 saturated heterocycles. The zero-order chi connectivity index (χ0) is 24.9. The van der Waals surface area contributed by atoms with Crippen molar-refractivity contribution in [1.29, 1.82) is 0 Å². The number of aromatic nitrogens is 2. The Labute approximate surface area is 209 Å². The van der Waals surface area contributed by atoms with Gasteiger partial charge in [-0.25, -0.2) is 9.97 Å². The summed E-state index contributed by atoms with van der Waals surface area (Å²) in [5.74, 6) is 0.882. The van der Waals surface area contributed by atoms with Crippen molar-refractivity contribution in [2.24, 2.45) is 11.8 Å². The van der Waals surface area contributed by atoms with Crippen LogP contribution >= 0.6 is 0 Å². The van der Waals surface area contributed by atoms with E-state index in [0.717, 1.165) is 61.9 Å². The van der Waals surface area contributed by atoms with Gasteiger partial charge < -0.3 is 10.2 Å². The van der Waals surface area contributed by atoms with Gasteiger partial charge in [-0.2, -0.15) is 0 Å². The molecule has 6 nitrogen and oxygen atoms in total. The molecular formula is C29H40N4O2. The average Bonchev–Trinajstić information content (AvgIpc) is 3.37. The summed E-state index contributed by atoms with van der Waals surface area (Å²) in [5.41, 5.74) is 4.05. The number of nitrogens with one attached hydrogen (secondary N) is 1. The van der Waals surface area contributed by atoms with Gasteiger partial charge in [0.05, 0.1) is 17.4 Å². The predicted molar refractivity (Wildman–Crippen MR) is 139 cm³/mol. The van der Waals surface area contributed by atoms with E-state index < -0.39 is 6.04 Å². The number of likely N-dealkylation sites (tertiary alicyclic amines) is 1. The number of hydrogen-bond acceptors (Lipinski definition) is 4. The summed E-state index contributed by atoms with van der Waals surface area (Å²) in [6.07, 6.45) is 8.06. The highest BCUT2D eigenvalue weighted by Gasteiger charge is 2.39. The van der Waals surface area contributed by atoms with Crippen LogP contribution in [0.5, 0.6) is 0 Å². The third-order valence-corrected chi connectivity index (χ3v) is 7.83. The molecule has 1 aromatic carbocycles. The fraction of sp³-hybridized carbons (Fsp3) is 0.586. The van der Waals surface area contributed by atoms with Gasteiger partial charge in [0.25, 0.3) is 0 Å². The molecule has 2 aliphatic rings. The first-order chi connectivity index (χ1) is 16.9. The minimum absolute atomic E-state index is 0.00768. The number of amides is 2. The largest absolute Gasteiger partial charge is 0.344 e. The van der Waals surface area contributed by atoms with E-state index in [1.807, 2.05) is 31.7 Å². The van der Waals surface area contributed by atoms with Crippen LogP contribution in [0.15, 0.2) is 30.3 Å². The maximum absolute atomic E-state index is 14.0. The third-order valence-electron chi connectivity index (χ3n) is 7.83. The van der Waals surface area contributed by atoms with Gasteiger partial charge in [0.1, 0.15) is 11.9 Å². The first-order valence-corrected chi connectivity index (χ1v) is 13.4. The summed E-state index contributed by atoms with van der Waals surface area (Å²) >= 11 is 0. The van der Waals surface area contributed by atoms with Gasteiger partial charge >= 0.3 is 0 Å². The SMILES string of the molecule is CCC(C)C(=O)NC(C(=O)N1CCCC1c1cc(-c2ccc(C)cc2)nc(C)n1)C1CCCCC1. The highest BCUT2D eigenvalue weighted by atomic mass is 16.2. The maximum Gasteiger partial charge on any atom is 0.246 e. The molecule has 1 N–H and O–H groups in total. The van der Waals surface area contributed by atoms with E-state index in [4.69, 9.17) is 4.98 Å². The van der Waals surface area contributed by atoms with Crippen molar-refractivity contribution in [3.63, 3.8) is 0 Å². The zero-order valence-corrected chi connectivity index (χ0v) is 21.7. The maximum atomic E-state index is 14.0. The number of carbonyl (C=O) groups is 2. The first kappa shape index (κ1) is 25.3. The zero-order valence-electron chi connectivity index (χ0n) is 21.7. The van der Waals surface area contributed by atoms with Crippen molar-refractivity contribution in [3.8, 4) is 11.3 Å². The lowest BCUT2D eigenvalue weighted by Gasteiger charge is -2.35. The quantitative estimate of drug-likeness (QED) is 0.570. The highest BCUT2D eigenvalue weighted by Crippen LogP contribution is 2.35. The molecule has 2 aromatic rings. The number of hydrogen-bond donors (Lipinski definition) is 1. The van der Waals surface area contributed by atoms with Gasteiger partial charge in [0, 0.05) is 18.0 Å². The van der Waals surface area contributed by atoms with E-state index in [1.165, 1.54) is 12.0 Å². The monoisotopic (exact) mass is 476 g/mol. The van der Waals surface area contributed by atoms with Crippen LogP contribution in [0.25, 0.3) is 11.3 Å². The minimum atomic E-state index is -0.447. The normalized spacial score (nSPS) is 20.5. The van der Waals surface area contributed by atoms with Crippen LogP contribution in [0, 0.1) is 25.7 Å². The van der Waals surface area contributed by atoms with Crippen molar-refractivity contribution in [2.45, 2.75) is 91.1 Å². The smallest absolute Gasteiger partial charge is 0.246 e. The Morgan fingerprint density at radius 1 is 1.03 bits per heavy atom. The number of benzene rings is 1. The summed E-state index contributed by atoms with van der Waals surface area (Å²) in [7, 11) is 0. The number of carbonyl (C=O) groups excluding carboxylic acids is 2. The fourth-order valence-corrected chi connectivity index (χ4v) is 5.48. The summed E-state index contributed by atoms with van der Waals surface area (Å²) in [6, 6.07) is 9.86. The minimum Gasteiger partial charge on any atom is -0.344 e. The van der Waals surface area contributed by atoms with Crippen molar-refractivity contribution >= 4 is 11.8 Å². The van der Waals surface area contributed by atoms with E-state index in [-0.39, 0.29) is 29.7 Å². The van der Waals surface area contributed by atoms with E-state index in [9.17, 15) is 9.59 Å². The lowest BCUT2D eigenvalue weighted by molar-refractivity contribution is -0.140. The van der Waals surface area contributed by atoms with Crippen LogP contribution in [0.1, 0.15) is 88.3 Å². The first-order valence-electron chi connectivity index (χ1n) is 13.4. The van der Waals surface area contributed by atoms with Crippen LogP contribution < -0.4 is 5.32 Å². The summed E-state index contributed by atoms with van der Waals surface area (Å²) in [4.78, 5) is 38.3. The molecule has 0 radical (unpaired) electrons. The molecule has 1 aliphatic carbocycles. The van der Waals surface area contributed by atoms with Crippen LogP contribution in [0.2, 0.25) is 0 Å². The molecule has 2 heterocycles. The van der Waals surface area contributed by atoms with Gasteiger partial charge in [0.15, 0.2) is 0 Å². The predicted octanol–water partition coefficient (Wildman–Crippen LogP) is 5.54. The van der Waals surface area contributed by atoms with Crippen LogP contribution in [-0.2, 0) is 9.59 Å². The molecule has 6 heteroatoms. The summed E-state index contributed by atoms with van der Waals surface area (Å²) in [6.45, 7) is 8.65. The van der Waals surface area contributed by atoms with Crippen LogP contribution in [0.3, 0.4) is 0 Å². The van der Waals surface area contributed by atoms with Crippen molar-refractivity contribution in [1.82, 2.24) is 20.2 Å². The number of nitrogens with zero attached hydrogens (tertiary/aromatic N) is 3. The molecular weight excluding hydrogens is 436 g/mol. The molecule has 0 spiro atoms. The molecule has 2 amide bonds. The second-order valence-electron chi connectivity index (χ2n) is 10.5. The molecule has 35 heavy (non-hydrogen) atoms. The molecule has 0 bridgehead atoms. The molecule has 1 aliphatic heterocycles. The molecule has 188 valence electrons. The van der Waals surface area contributed by atoms with Crippen molar-refractivity contribution in [3.05, 3.63) is 47.4 Å². The highest BCUT2D eigenvalue weighted by molar-refractivity contribution is 5.89. The second kappa shape index (κ2) is 11.3. The van der Waals surface area contributed by atoms with Gasteiger partial charge in [-0.05, 0) is 57.9 Å². The Bertz CT molecular complexity index is 1030. The van der Waals surface area contributed by atoms with E-state index in [0.29, 0.717) is 12.4 Å². The molecule has 1 aromatic heterocycles. The molecule has 4 rings (SSSR count). The molecule has 2 fully saturated rings. The fourth-order valence-electron chi connectivity index (χ4n) is 5.48. The molecule has 3 atom stereocenters. The Morgan fingerprint density at radius 3 is 2.43 bits per heavy atom. The average molecular weight is 477 g/mol. The summed E-state index contributed by atoms with van der Waals surface area (Å²) < 4.78 is 0. The summed E-state index contributed by atoms with van der Waals surface area (Å²) in [5, 5.41) is 3.18. The van der Waals surface area contributed by atoms with Crippen LogP contribution in [0.4, 0.5) is 0 Å². The Morgan fingerprint density at radius 2 is 1.74 bits per heavy atom. The van der Waals surface area contributed by atoms with E-state index >= 15 is 0 Å². The molecule has 1 saturated carbocycles. The lowest BCUT2D eigenvalue weighted by Crippen LogP contribution is -2.53. The van der Waals surface area contributed by atoms with Gasteiger partial charge in [-0.1, -0.05) is 62.9 Å². The van der Waals surface area contributed by atoms with Crippen LogP contribution in [-0.4, -0.2) is 39.3 Å². The van der Waals surface area contributed by atoms with E-state index in [1.54, 1.807) is 0 Å². The number of rotatable bonds is 7. The number of aryl methyl sites for hydroxylation is 2. The lowest BCUT2D eigenvalue weighted by atomic mass is 9.83. The Balaban J connectivity index is 1.61. The second-order valence-corrected chi connectivity index (χ2v) is 10.5. The molecule has 3 unspecified atom stereocenters. The van der Waals surface area contributed by atoms with Gasteiger partial charge in [0.2, 0.25) is 11.8 Å². The van der Waals surface area contributed by atoms with Gasteiger partial charge in [-0.15, -0.1) is 0 Å². The van der Waals surface area contributed by atoms with E-state index in [2.05, 4.69) is 41.5 Å². The van der Waals surface area contributed by atoms with Gasteiger partial charge in [-0.3, -0.25) is 9.59 Å². The Hall–Kier alpha value is -2.76. The standard InChI is InChI=1S/C29H40N4O2/c1-5-20(3)28(34)32-27(23-10-7-6-8-11-23)29(35)33-17-9-12-26(33)25-18-24(30-21(4)31-25)22-15-13-19(2)14-16-22/h13-16,18,20,23,26-27H,5-12,17H2,1-4H3,(H,32,34). The topological polar surface area (TPSA) is 75.2 Å².